The quantitative estimate of drug-likeness (QED) is 0.173. The number of piperidine rings is 1. The van der Waals surface area contributed by atoms with Gasteiger partial charge in [-0.25, -0.2) is 0 Å². The lowest BCUT2D eigenvalue weighted by atomic mass is 9.89. The summed E-state index contributed by atoms with van der Waals surface area (Å²) in [6, 6.07) is 27.6. The molecule has 0 aliphatic carbocycles. The standard InChI is InChI=1S/C29H40N4O4S.C11H10.C2H6/c1-28(2,30)14-8-13-25(34)31(3)21-26(35)32(4)23(20-22-10-6-5-7-11-22)27(36)33-17-15-29(37,16-18-33)24-12-9-19-38-24;1-9-6-7-10-4-2-3-5-11(10)8-9;1-2/h5-13,19,23,37H,14-18,20-21,30H2,1-4H3;2-8H,1H3;1-2H3/b13-8+;;/t23-;;/m1../s1. The third-order valence-corrected chi connectivity index (χ3v) is 9.92. The van der Waals surface area contributed by atoms with Crippen molar-refractivity contribution in [3.8, 4) is 0 Å². The van der Waals surface area contributed by atoms with Crippen LogP contribution in [0.4, 0.5) is 0 Å². The molecule has 1 atom stereocenters. The van der Waals surface area contributed by atoms with Crippen molar-refractivity contribution in [2.24, 2.45) is 5.73 Å². The summed E-state index contributed by atoms with van der Waals surface area (Å²) in [7, 11) is 3.18. The summed E-state index contributed by atoms with van der Waals surface area (Å²) >= 11 is 1.52. The average Bonchev–Trinajstić information content (AvgIpc) is 3.68. The number of aryl methyl sites for hydroxylation is 1. The lowest BCUT2D eigenvalue weighted by Gasteiger charge is -2.40. The number of rotatable bonds is 10. The van der Waals surface area contributed by atoms with Gasteiger partial charge >= 0.3 is 0 Å². The molecule has 9 heteroatoms. The molecule has 3 N–H and O–H groups in total. The van der Waals surface area contributed by atoms with Crippen molar-refractivity contribution in [2.45, 2.75) is 77.5 Å². The van der Waals surface area contributed by atoms with Crippen LogP contribution in [-0.4, -0.2) is 82.8 Å². The third-order valence-electron chi connectivity index (χ3n) is 8.86. The van der Waals surface area contributed by atoms with E-state index in [-0.39, 0.29) is 24.3 Å². The predicted molar refractivity (Wildman–Crippen MR) is 210 cm³/mol. The fraction of sp³-hybridized carbons (Fsp3) is 0.405. The van der Waals surface area contributed by atoms with Crippen LogP contribution >= 0.6 is 11.3 Å². The number of carbonyl (C=O) groups is 3. The summed E-state index contributed by atoms with van der Waals surface area (Å²) in [5.41, 5.74) is 6.86. The molecule has 2 heterocycles. The van der Waals surface area contributed by atoms with E-state index >= 15 is 0 Å². The lowest BCUT2D eigenvalue weighted by Crippen LogP contribution is -2.55. The number of hydrogen-bond acceptors (Lipinski definition) is 6. The normalized spacial score (nSPS) is 14.5. The van der Waals surface area contributed by atoms with Crippen LogP contribution < -0.4 is 5.73 Å². The number of amides is 3. The van der Waals surface area contributed by atoms with Gasteiger partial charge in [0, 0.05) is 44.0 Å². The molecule has 51 heavy (non-hydrogen) atoms. The van der Waals surface area contributed by atoms with Gasteiger partial charge in [-0.1, -0.05) is 104 Å². The molecular weight excluding hydrogens is 657 g/mol. The van der Waals surface area contributed by atoms with Crippen molar-refractivity contribution in [3.05, 3.63) is 118 Å². The van der Waals surface area contributed by atoms with E-state index < -0.39 is 17.2 Å². The summed E-state index contributed by atoms with van der Waals surface area (Å²) in [5.74, 6) is -0.780. The van der Waals surface area contributed by atoms with E-state index in [4.69, 9.17) is 5.73 Å². The first-order chi connectivity index (χ1) is 24.3. The van der Waals surface area contributed by atoms with Crippen LogP contribution in [0.2, 0.25) is 0 Å². The minimum Gasteiger partial charge on any atom is -0.384 e. The average molecular weight is 713 g/mol. The Kier molecular flexibility index (Phi) is 15.6. The first-order valence-corrected chi connectivity index (χ1v) is 18.6. The van der Waals surface area contributed by atoms with Gasteiger partial charge in [0.05, 0.1) is 6.54 Å². The van der Waals surface area contributed by atoms with E-state index in [1.54, 1.807) is 25.1 Å². The molecule has 0 radical (unpaired) electrons. The highest BCUT2D eigenvalue weighted by Crippen LogP contribution is 2.35. The number of likely N-dealkylation sites (N-methyl/N-ethyl adjacent to an activating group) is 2. The zero-order valence-electron chi connectivity index (χ0n) is 31.3. The molecule has 274 valence electrons. The van der Waals surface area contributed by atoms with E-state index in [0.717, 1.165) is 10.4 Å². The van der Waals surface area contributed by atoms with Crippen LogP contribution in [0, 0.1) is 6.92 Å². The highest BCUT2D eigenvalue weighted by Gasteiger charge is 2.39. The number of thiophene rings is 1. The van der Waals surface area contributed by atoms with Crippen molar-refractivity contribution in [3.63, 3.8) is 0 Å². The molecule has 0 saturated carbocycles. The number of carbonyl (C=O) groups excluding carboxylic acids is 3. The monoisotopic (exact) mass is 712 g/mol. The van der Waals surface area contributed by atoms with Crippen molar-refractivity contribution < 1.29 is 19.5 Å². The van der Waals surface area contributed by atoms with E-state index in [9.17, 15) is 19.5 Å². The Hall–Kier alpha value is -4.31. The number of nitrogens with two attached hydrogens (primary N) is 1. The molecule has 1 saturated heterocycles. The second kappa shape index (κ2) is 19.3. The molecule has 0 spiro atoms. The van der Waals surface area contributed by atoms with E-state index in [1.165, 1.54) is 43.5 Å². The summed E-state index contributed by atoms with van der Waals surface area (Å²) in [5, 5.41) is 15.7. The van der Waals surface area contributed by atoms with Gasteiger partial charge in [0.1, 0.15) is 11.6 Å². The Bertz CT molecular complexity index is 1710. The highest BCUT2D eigenvalue weighted by molar-refractivity contribution is 7.10. The highest BCUT2D eigenvalue weighted by atomic mass is 32.1. The van der Waals surface area contributed by atoms with Crippen molar-refractivity contribution in [2.75, 3.05) is 33.7 Å². The molecule has 3 amide bonds. The number of likely N-dealkylation sites (tertiary alicyclic amines) is 1. The Morgan fingerprint density at radius 1 is 0.941 bits per heavy atom. The van der Waals surface area contributed by atoms with E-state index in [1.807, 2.05) is 75.5 Å². The van der Waals surface area contributed by atoms with Gasteiger partial charge in [0.25, 0.3) is 0 Å². The Morgan fingerprint density at radius 2 is 1.57 bits per heavy atom. The topological polar surface area (TPSA) is 107 Å². The van der Waals surface area contributed by atoms with E-state index in [2.05, 4.69) is 49.4 Å². The van der Waals surface area contributed by atoms with Gasteiger partial charge in [-0.15, -0.1) is 11.3 Å². The number of nitrogens with zero attached hydrogens (tertiary/aromatic N) is 3. The van der Waals surface area contributed by atoms with Crippen molar-refractivity contribution >= 4 is 39.8 Å². The van der Waals surface area contributed by atoms with Crippen LogP contribution in [0.15, 0.2) is 102 Å². The fourth-order valence-corrected chi connectivity index (χ4v) is 6.67. The Morgan fingerprint density at radius 3 is 2.18 bits per heavy atom. The molecule has 0 bridgehead atoms. The second-order valence-electron chi connectivity index (χ2n) is 13.7. The number of aliphatic hydroxyl groups is 1. The van der Waals surface area contributed by atoms with Crippen LogP contribution in [0.5, 0.6) is 0 Å². The Balaban J connectivity index is 0.000000450. The smallest absolute Gasteiger partial charge is 0.246 e. The molecule has 0 unspecified atom stereocenters. The van der Waals surface area contributed by atoms with E-state index in [0.29, 0.717) is 38.8 Å². The van der Waals surface area contributed by atoms with Gasteiger partial charge in [-0.2, -0.15) is 0 Å². The van der Waals surface area contributed by atoms with Crippen LogP contribution in [-0.2, 0) is 26.4 Å². The molecule has 1 aliphatic rings. The number of benzene rings is 3. The molecule has 1 aromatic heterocycles. The van der Waals surface area contributed by atoms with Gasteiger partial charge in [0.15, 0.2) is 0 Å². The number of hydrogen-bond donors (Lipinski definition) is 2. The fourth-order valence-electron chi connectivity index (χ4n) is 5.79. The van der Waals surface area contributed by atoms with Crippen LogP contribution in [0.25, 0.3) is 10.8 Å². The lowest BCUT2D eigenvalue weighted by molar-refractivity contribution is -0.148. The molecular formula is C42H56N4O4S. The summed E-state index contributed by atoms with van der Waals surface area (Å²) in [4.78, 5) is 45.0. The summed E-state index contributed by atoms with van der Waals surface area (Å²) < 4.78 is 0. The zero-order chi connectivity index (χ0) is 37.6. The molecule has 3 aromatic carbocycles. The number of fused-ring (bicyclic) bond motifs is 1. The van der Waals surface area contributed by atoms with Crippen molar-refractivity contribution in [1.82, 2.24) is 14.7 Å². The zero-order valence-corrected chi connectivity index (χ0v) is 32.2. The maximum absolute atomic E-state index is 13.8. The van der Waals surface area contributed by atoms with Gasteiger partial charge < -0.3 is 25.5 Å². The first kappa shape index (κ1) is 41.1. The van der Waals surface area contributed by atoms with Gasteiger partial charge in [-0.05, 0) is 73.9 Å². The minimum absolute atomic E-state index is 0.150. The molecule has 1 aliphatic heterocycles. The van der Waals surface area contributed by atoms with Crippen LogP contribution in [0.1, 0.15) is 63.0 Å². The maximum atomic E-state index is 13.8. The summed E-state index contributed by atoms with van der Waals surface area (Å²) in [6.07, 6.45) is 4.91. The van der Waals surface area contributed by atoms with Crippen molar-refractivity contribution in [1.29, 1.82) is 0 Å². The molecule has 1 fully saturated rings. The molecule has 4 aromatic rings. The first-order valence-electron chi connectivity index (χ1n) is 17.8. The largest absolute Gasteiger partial charge is 0.384 e. The second-order valence-corrected chi connectivity index (χ2v) is 14.6. The minimum atomic E-state index is -0.933. The maximum Gasteiger partial charge on any atom is 0.246 e. The van der Waals surface area contributed by atoms with Gasteiger partial charge in [0.2, 0.25) is 17.7 Å². The van der Waals surface area contributed by atoms with Gasteiger partial charge in [-0.3, -0.25) is 14.4 Å². The van der Waals surface area contributed by atoms with Crippen LogP contribution in [0.3, 0.4) is 0 Å². The summed E-state index contributed by atoms with van der Waals surface area (Å²) in [6.45, 7) is 10.5. The SMILES string of the molecule is CC.CN(CC(=O)N(C)[C@H](Cc1ccccc1)C(=O)N1CCC(O)(c2cccs2)CC1)C(=O)/C=C/CC(C)(C)N.Cc1ccc2ccccc2c1. The predicted octanol–water partition coefficient (Wildman–Crippen LogP) is 6.94. The molecule has 5 rings (SSSR count). The molecule has 8 nitrogen and oxygen atoms in total. The third kappa shape index (κ3) is 12.5. The Labute approximate surface area is 308 Å².